The fourth-order valence-electron chi connectivity index (χ4n) is 4.65. The van der Waals surface area contributed by atoms with Crippen LogP contribution in [0, 0.1) is 11.8 Å². The van der Waals surface area contributed by atoms with E-state index in [2.05, 4.69) is 42.8 Å². The number of nitrogens with zero attached hydrogens (tertiary/aromatic N) is 1. The third-order valence-corrected chi connectivity index (χ3v) is 7.70. The van der Waals surface area contributed by atoms with Gasteiger partial charge in [-0.2, -0.15) is 11.8 Å². The van der Waals surface area contributed by atoms with Crippen molar-refractivity contribution in [1.29, 1.82) is 0 Å². The Balaban J connectivity index is 0.000000320. The smallest absolute Gasteiger partial charge is 0.253 e. The van der Waals surface area contributed by atoms with Gasteiger partial charge >= 0.3 is 0 Å². The second-order valence-corrected chi connectivity index (χ2v) is 10.3. The average Bonchev–Trinajstić information content (AvgIpc) is 2.74. The number of carbonyl (C=O) groups is 1. The lowest BCUT2D eigenvalue weighted by atomic mass is 9.75. The van der Waals surface area contributed by atoms with Gasteiger partial charge in [0, 0.05) is 48.1 Å². The van der Waals surface area contributed by atoms with Gasteiger partial charge in [0.05, 0.1) is 0 Å². The fraction of sp³-hybridized carbons (Fsp3) is 0.696. The van der Waals surface area contributed by atoms with Crippen molar-refractivity contribution in [2.45, 2.75) is 56.8 Å². The van der Waals surface area contributed by atoms with Crippen LogP contribution in [0.4, 0.5) is 0 Å². The normalized spacial score (nSPS) is 24.9. The highest BCUT2D eigenvalue weighted by atomic mass is 32.2. The van der Waals surface area contributed by atoms with Crippen LogP contribution in [0.3, 0.4) is 0 Å². The van der Waals surface area contributed by atoms with Crippen LogP contribution in [0.1, 0.15) is 67.8 Å². The molecule has 0 spiro atoms. The Labute approximate surface area is 180 Å². The molecule has 1 aromatic carbocycles. The van der Waals surface area contributed by atoms with Crippen LogP contribution in [0.25, 0.3) is 0 Å². The molecule has 0 aromatic heterocycles. The minimum atomic E-state index is 0.189. The number of amides is 1. The molecular formula is C23H36N2OS2. The predicted molar refractivity (Wildman–Crippen MR) is 124 cm³/mol. The van der Waals surface area contributed by atoms with Crippen LogP contribution >= 0.6 is 24.4 Å². The maximum Gasteiger partial charge on any atom is 0.253 e. The minimum Gasteiger partial charge on any atom is -0.338 e. The molecule has 5 heteroatoms. The summed E-state index contributed by atoms with van der Waals surface area (Å²) in [5, 5.41) is 3.26. The number of fused-ring (bicyclic) bond motifs is 1. The quantitative estimate of drug-likeness (QED) is 0.655. The van der Waals surface area contributed by atoms with Crippen LogP contribution in [-0.2, 0) is 0 Å². The first-order valence-electron chi connectivity index (χ1n) is 11.0. The monoisotopic (exact) mass is 420 g/mol. The second kappa shape index (κ2) is 10.9. The molecule has 156 valence electrons. The van der Waals surface area contributed by atoms with E-state index in [1.54, 1.807) is 0 Å². The Bertz CT molecular complexity index is 634. The van der Waals surface area contributed by atoms with Gasteiger partial charge in [-0.05, 0) is 48.3 Å². The van der Waals surface area contributed by atoms with E-state index >= 15 is 0 Å². The zero-order valence-electron chi connectivity index (χ0n) is 17.5. The predicted octanol–water partition coefficient (Wildman–Crippen LogP) is 5.07. The van der Waals surface area contributed by atoms with Crippen LogP contribution in [0.5, 0.6) is 0 Å². The van der Waals surface area contributed by atoms with Gasteiger partial charge in [-0.3, -0.25) is 4.79 Å². The summed E-state index contributed by atoms with van der Waals surface area (Å²) in [5.74, 6) is 4.84. The molecule has 1 saturated carbocycles. The summed E-state index contributed by atoms with van der Waals surface area (Å²) in [4.78, 5) is 15.8. The highest BCUT2D eigenvalue weighted by Crippen LogP contribution is 2.36. The summed E-state index contributed by atoms with van der Waals surface area (Å²) in [6.45, 7) is 8.62. The largest absolute Gasteiger partial charge is 0.338 e. The molecule has 4 rings (SSSR count). The van der Waals surface area contributed by atoms with Crippen molar-refractivity contribution in [1.82, 2.24) is 10.2 Å². The third kappa shape index (κ3) is 5.93. The van der Waals surface area contributed by atoms with E-state index in [0.717, 1.165) is 35.4 Å². The number of nitrogens with one attached hydrogen (secondary N) is 1. The molecule has 2 aliphatic heterocycles. The summed E-state index contributed by atoms with van der Waals surface area (Å²) in [6, 6.07) is 5.99. The van der Waals surface area contributed by atoms with Gasteiger partial charge in [-0.1, -0.05) is 39.2 Å². The molecule has 3 nitrogen and oxygen atoms in total. The number of hydrogen-bond donors (Lipinski definition) is 2. The number of benzene rings is 1. The van der Waals surface area contributed by atoms with E-state index < -0.39 is 0 Å². The van der Waals surface area contributed by atoms with Gasteiger partial charge in [0.25, 0.3) is 5.91 Å². The van der Waals surface area contributed by atoms with Crippen molar-refractivity contribution in [3.8, 4) is 0 Å². The molecule has 1 aromatic rings. The first kappa shape index (κ1) is 22.0. The zero-order valence-corrected chi connectivity index (χ0v) is 19.2. The summed E-state index contributed by atoms with van der Waals surface area (Å²) in [5.41, 5.74) is 2.01. The molecular weight excluding hydrogens is 384 g/mol. The molecule has 1 N–H and O–H groups in total. The van der Waals surface area contributed by atoms with Crippen LogP contribution in [-0.4, -0.2) is 48.5 Å². The molecule has 0 bridgehead atoms. The Morgan fingerprint density at radius 1 is 1.14 bits per heavy atom. The molecule has 28 heavy (non-hydrogen) atoms. The number of hydrogen-bond acceptors (Lipinski definition) is 4. The first-order chi connectivity index (χ1) is 13.6. The molecule has 2 saturated heterocycles. The average molecular weight is 421 g/mol. The number of rotatable bonds is 2. The first-order valence-corrected chi connectivity index (χ1v) is 12.6. The lowest BCUT2D eigenvalue weighted by Gasteiger charge is -2.41. The van der Waals surface area contributed by atoms with E-state index in [0.29, 0.717) is 5.92 Å². The van der Waals surface area contributed by atoms with Crippen molar-refractivity contribution >= 4 is 30.3 Å². The molecule has 2 atom stereocenters. The van der Waals surface area contributed by atoms with Gasteiger partial charge in [0.15, 0.2) is 0 Å². The number of thiol groups is 1. The Morgan fingerprint density at radius 3 is 2.43 bits per heavy atom. The fourth-order valence-corrected chi connectivity index (χ4v) is 5.90. The third-order valence-electron chi connectivity index (χ3n) is 6.32. The van der Waals surface area contributed by atoms with Crippen molar-refractivity contribution in [3.05, 3.63) is 29.3 Å². The van der Waals surface area contributed by atoms with Gasteiger partial charge < -0.3 is 10.2 Å². The number of likely N-dealkylation sites (tertiary alicyclic amines) is 1. The number of piperidine rings is 1. The maximum absolute atomic E-state index is 12.8. The molecule has 2 unspecified atom stereocenters. The number of thioether (sulfide) groups is 1. The van der Waals surface area contributed by atoms with E-state index in [1.807, 2.05) is 23.9 Å². The van der Waals surface area contributed by atoms with E-state index in [1.165, 1.54) is 62.3 Å². The summed E-state index contributed by atoms with van der Waals surface area (Å²) < 4.78 is 0. The van der Waals surface area contributed by atoms with Crippen LogP contribution in [0.2, 0.25) is 0 Å². The van der Waals surface area contributed by atoms with Crippen molar-refractivity contribution in [2.24, 2.45) is 11.8 Å². The van der Waals surface area contributed by atoms with Gasteiger partial charge in [-0.25, -0.2) is 0 Å². The van der Waals surface area contributed by atoms with Gasteiger partial charge in [0.2, 0.25) is 0 Å². The maximum atomic E-state index is 12.8. The molecule has 1 aliphatic carbocycles. The Kier molecular flexibility index (Phi) is 8.61. The molecule has 2 heterocycles. The highest BCUT2D eigenvalue weighted by molar-refractivity contribution is 7.99. The summed E-state index contributed by atoms with van der Waals surface area (Å²) >= 11 is 6.60. The lowest BCUT2D eigenvalue weighted by Crippen LogP contribution is -2.44. The van der Waals surface area contributed by atoms with Crippen molar-refractivity contribution in [3.63, 3.8) is 0 Å². The lowest BCUT2D eigenvalue weighted by molar-refractivity contribution is 0.0520. The van der Waals surface area contributed by atoms with E-state index in [4.69, 9.17) is 0 Å². The summed E-state index contributed by atoms with van der Waals surface area (Å²) in [6.07, 6.45) is 6.59. The Morgan fingerprint density at radius 2 is 1.86 bits per heavy atom. The zero-order chi connectivity index (χ0) is 19.9. The standard InChI is InChI=1S/C19H27NOS.C4H9NS/c1-13(2)17-8-7-15(11-18(17)22)19(21)20-10-9-14-5-3-4-6-16(14)12-20;1-3-6-4-2-5-1/h7-8,11,13-14,16,22H,3-6,9-10,12H2,1-2H3;5H,1-4H2. The summed E-state index contributed by atoms with van der Waals surface area (Å²) in [7, 11) is 0. The SMILES string of the molecule is C1CSCCN1.CC(C)c1ccc(C(=O)N2CCC3CCCCC3C2)cc1S. The molecule has 3 aliphatic rings. The molecule has 0 radical (unpaired) electrons. The highest BCUT2D eigenvalue weighted by Gasteiger charge is 2.33. The minimum absolute atomic E-state index is 0.189. The topological polar surface area (TPSA) is 32.3 Å². The molecule has 3 fully saturated rings. The van der Waals surface area contributed by atoms with Crippen LogP contribution in [0.15, 0.2) is 23.1 Å². The van der Waals surface area contributed by atoms with E-state index in [9.17, 15) is 4.79 Å². The van der Waals surface area contributed by atoms with Gasteiger partial charge in [-0.15, -0.1) is 12.6 Å². The van der Waals surface area contributed by atoms with Crippen LogP contribution < -0.4 is 5.32 Å². The van der Waals surface area contributed by atoms with E-state index in [-0.39, 0.29) is 5.91 Å². The Hall–Kier alpha value is -0.650. The molecule has 1 amide bonds. The van der Waals surface area contributed by atoms with Crippen molar-refractivity contribution in [2.75, 3.05) is 37.7 Å². The van der Waals surface area contributed by atoms with Gasteiger partial charge in [0.1, 0.15) is 0 Å². The second-order valence-electron chi connectivity index (χ2n) is 8.64. The van der Waals surface area contributed by atoms with Crippen molar-refractivity contribution < 1.29 is 4.79 Å². The number of carbonyl (C=O) groups excluding carboxylic acids is 1.